The van der Waals surface area contributed by atoms with Crippen LogP contribution in [0.5, 0.6) is 0 Å². The molecule has 0 radical (unpaired) electrons. The lowest BCUT2D eigenvalue weighted by Crippen LogP contribution is -2.36. The van der Waals surface area contributed by atoms with E-state index in [2.05, 4.69) is 4.98 Å². The van der Waals surface area contributed by atoms with Crippen LogP contribution in [0.4, 0.5) is 37.7 Å². The summed E-state index contributed by atoms with van der Waals surface area (Å²) in [7, 11) is 0. The van der Waals surface area contributed by atoms with Crippen molar-refractivity contribution < 1.29 is 40.9 Å². The zero-order valence-corrected chi connectivity index (χ0v) is 14.4. The van der Waals surface area contributed by atoms with Crippen molar-refractivity contribution >= 4 is 11.4 Å². The van der Waals surface area contributed by atoms with Crippen molar-refractivity contribution in [1.29, 1.82) is 0 Å². The lowest BCUT2D eigenvalue weighted by Gasteiger charge is -2.07. The zero-order chi connectivity index (χ0) is 22.7. The van der Waals surface area contributed by atoms with E-state index in [0.29, 0.717) is 12.3 Å². The number of pyridine rings is 2. The highest BCUT2D eigenvalue weighted by Crippen LogP contribution is 2.31. The molecule has 0 amide bonds. The average molecular weight is 428 g/mol. The van der Waals surface area contributed by atoms with Gasteiger partial charge in [0.15, 0.2) is 11.9 Å². The number of nitro groups is 2. The second-order valence-electron chi connectivity index (χ2n) is 5.42. The normalized spacial score (nSPS) is 11.4. The van der Waals surface area contributed by atoms with Crippen LogP contribution in [-0.4, -0.2) is 14.8 Å². The molecule has 9 nitrogen and oxygen atoms in total. The molecule has 2 aromatic rings. The molecular weight excluding hydrogens is 418 g/mol. The number of alkyl halides is 6. The van der Waals surface area contributed by atoms with Gasteiger partial charge in [-0.1, -0.05) is 0 Å². The standard InChI is InChI=1S/C7H5F3N2O3.C7H5F3N2O2/c1-4-3-11(13)6(7(8,9)10)2-5(4)12(14)15;1-4-3-11-6(7(8,9)10)2-5(4)12(13)14/h2-3H,1H3;2-3H,1H3. The topological polar surface area (TPSA) is 126 Å². The monoisotopic (exact) mass is 428 g/mol. The second kappa shape index (κ2) is 8.24. The highest BCUT2D eigenvalue weighted by molar-refractivity contribution is 5.39. The molecule has 15 heteroatoms. The minimum absolute atomic E-state index is 0.100. The van der Waals surface area contributed by atoms with Crippen LogP contribution in [0.25, 0.3) is 0 Å². The summed E-state index contributed by atoms with van der Waals surface area (Å²) >= 11 is 0. The van der Waals surface area contributed by atoms with Crippen molar-refractivity contribution in [2.45, 2.75) is 26.2 Å². The summed E-state index contributed by atoms with van der Waals surface area (Å²) < 4.78 is 72.3. The van der Waals surface area contributed by atoms with Gasteiger partial charge in [-0.3, -0.25) is 25.2 Å². The summed E-state index contributed by atoms with van der Waals surface area (Å²) in [4.78, 5) is 21.9. The van der Waals surface area contributed by atoms with Gasteiger partial charge in [0.1, 0.15) is 0 Å². The Bertz CT molecular complexity index is 945. The maximum atomic E-state index is 12.2. The van der Waals surface area contributed by atoms with Crippen LogP contribution in [0.1, 0.15) is 22.5 Å². The molecular formula is C14H10F6N4O5. The van der Waals surface area contributed by atoms with Crippen LogP contribution in [0.3, 0.4) is 0 Å². The Kier molecular flexibility index (Phi) is 6.68. The van der Waals surface area contributed by atoms with Gasteiger partial charge in [0.05, 0.1) is 21.5 Å². The maximum Gasteiger partial charge on any atom is 0.479 e. The third-order valence-electron chi connectivity index (χ3n) is 3.27. The average Bonchev–Trinajstić information content (AvgIpc) is 2.52. The lowest BCUT2D eigenvalue weighted by molar-refractivity contribution is -0.630. The number of hydrogen-bond donors (Lipinski definition) is 0. The van der Waals surface area contributed by atoms with E-state index in [9.17, 15) is 51.8 Å². The van der Waals surface area contributed by atoms with E-state index in [1.165, 1.54) is 13.8 Å². The first-order chi connectivity index (χ1) is 13.1. The van der Waals surface area contributed by atoms with Crippen molar-refractivity contribution in [3.05, 3.63) is 72.5 Å². The molecule has 2 aromatic heterocycles. The molecule has 2 heterocycles. The van der Waals surface area contributed by atoms with Crippen molar-refractivity contribution in [2.75, 3.05) is 0 Å². The molecule has 158 valence electrons. The number of aryl methyl sites for hydroxylation is 2. The van der Waals surface area contributed by atoms with Gasteiger partial charge in [0, 0.05) is 17.8 Å². The first-order valence-electron chi connectivity index (χ1n) is 7.19. The second-order valence-corrected chi connectivity index (χ2v) is 5.42. The molecule has 0 aliphatic carbocycles. The first-order valence-corrected chi connectivity index (χ1v) is 7.19. The third kappa shape index (κ3) is 5.98. The quantitative estimate of drug-likeness (QED) is 0.235. The number of aromatic nitrogens is 2. The van der Waals surface area contributed by atoms with Gasteiger partial charge in [-0.25, -0.2) is 0 Å². The van der Waals surface area contributed by atoms with Gasteiger partial charge in [-0.05, 0) is 13.8 Å². The van der Waals surface area contributed by atoms with Crippen molar-refractivity contribution in [3.8, 4) is 0 Å². The van der Waals surface area contributed by atoms with Gasteiger partial charge in [-0.2, -0.15) is 31.1 Å². The zero-order valence-electron chi connectivity index (χ0n) is 14.4. The van der Waals surface area contributed by atoms with E-state index in [1.54, 1.807) is 0 Å². The fourth-order valence-electron chi connectivity index (χ4n) is 1.89. The molecule has 0 saturated heterocycles. The molecule has 0 unspecified atom stereocenters. The highest BCUT2D eigenvalue weighted by Gasteiger charge is 2.42. The van der Waals surface area contributed by atoms with Crippen LogP contribution in [0, 0.1) is 39.3 Å². The first kappa shape index (κ1) is 23.5. The SMILES string of the molecule is Cc1c[n+]([O-])c(C(F)(F)F)cc1[N+](=O)[O-].Cc1cnc(C(F)(F)F)cc1[N+](=O)[O-]. The van der Waals surface area contributed by atoms with Crippen LogP contribution >= 0.6 is 0 Å². The number of halogens is 6. The molecule has 0 N–H and O–H groups in total. The van der Waals surface area contributed by atoms with Crippen molar-refractivity contribution in [1.82, 2.24) is 4.98 Å². The van der Waals surface area contributed by atoms with Gasteiger partial charge >= 0.3 is 18.0 Å². The molecule has 0 aromatic carbocycles. The summed E-state index contributed by atoms with van der Waals surface area (Å²) in [5.41, 5.74) is -4.18. The van der Waals surface area contributed by atoms with E-state index in [0.717, 1.165) is 6.20 Å². The third-order valence-corrected chi connectivity index (χ3v) is 3.27. The predicted octanol–water partition coefficient (Wildman–Crippen LogP) is 3.87. The Morgan fingerprint density at radius 3 is 1.79 bits per heavy atom. The summed E-state index contributed by atoms with van der Waals surface area (Å²) in [5.74, 6) is 0. The Morgan fingerprint density at radius 1 is 0.897 bits per heavy atom. The lowest BCUT2D eigenvalue weighted by atomic mass is 10.2. The smallest absolute Gasteiger partial charge is 0.479 e. The van der Waals surface area contributed by atoms with Crippen molar-refractivity contribution in [3.63, 3.8) is 0 Å². The predicted molar refractivity (Wildman–Crippen MR) is 82.4 cm³/mol. The summed E-state index contributed by atoms with van der Waals surface area (Å²) in [6, 6.07) is 0.650. The molecule has 0 bridgehead atoms. The number of nitrogens with zero attached hydrogens (tertiary/aromatic N) is 4. The minimum atomic E-state index is -4.90. The van der Waals surface area contributed by atoms with E-state index in [-0.39, 0.29) is 17.2 Å². The van der Waals surface area contributed by atoms with Gasteiger partial charge in [0.25, 0.3) is 11.4 Å². The van der Waals surface area contributed by atoms with Crippen molar-refractivity contribution in [2.24, 2.45) is 0 Å². The van der Waals surface area contributed by atoms with Crippen LogP contribution < -0.4 is 4.73 Å². The largest absolute Gasteiger partial charge is 0.618 e. The molecule has 0 atom stereocenters. The molecule has 0 fully saturated rings. The van der Waals surface area contributed by atoms with E-state index >= 15 is 0 Å². The number of rotatable bonds is 2. The van der Waals surface area contributed by atoms with Crippen LogP contribution in [-0.2, 0) is 12.4 Å². The minimum Gasteiger partial charge on any atom is -0.618 e. The van der Waals surface area contributed by atoms with Gasteiger partial charge < -0.3 is 5.21 Å². The maximum absolute atomic E-state index is 12.2. The fourth-order valence-corrected chi connectivity index (χ4v) is 1.89. The van der Waals surface area contributed by atoms with Gasteiger partial charge in [-0.15, -0.1) is 0 Å². The summed E-state index contributed by atoms with van der Waals surface area (Å²) in [6.45, 7) is 2.51. The van der Waals surface area contributed by atoms with Gasteiger partial charge in [0.2, 0.25) is 0 Å². The molecule has 0 aliphatic heterocycles. The van der Waals surface area contributed by atoms with Crippen LogP contribution in [0.2, 0.25) is 0 Å². The molecule has 0 aliphatic rings. The van der Waals surface area contributed by atoms with Crippen LogP contribution in [0.15, 0.2) is 24.5 Å². The molecule has 2 rings (SSSR count). The number of hydrogen-bond acceptors (Lipinski definition) is 6. The fraction of sp³-hybridized carbons (Fsp3) is 0.286. The Balaban J connectivity index is 0.000000291. The highest BCUT2D eigenvalue weighted by atomic mass is 19.4. The van der Waals surface area contributed by atoms with E-state index in [4.69, 9.17) is 0 Å². The molecule has 0 saturated carbocycles. The van der Waals surface area contributed by atoms with E-state index < -0.39 is 49.7 Å². The Labute approximate surface area is 157 Å². The van der Waals surface area contributed by atoms with E-state index in [1.807, 2.05) is 0 Å². The molecule has 29 heavy (non-hydrogen) atoms. The molecule has 0 spiro atoms. The summed E-state index contributed by atoms with van der Waals surface area (Å²) in [5, 5.41) is 31.5. The summed E-state index contributed by atoms with van der Waals surface area (Å²) in [6.07, 6.45) is -8.19. The Hall–Kier alpha value is -3.52. The Morgan fingerprint density at radius 2 is 1.38 bits per heavy atom.